The molecule has 0 fully saturated rings. The molecule has 0 aliphatic carbocycles. The molecule has 6 atom stereocenters. The predicted octanol–water partition coefficient (Wildman–Crippen LogP) is -4.44. The second-order valence-electron chi connectivity index (χ2n) is 14.1. The minimum absolute atomic E-state index is 0.0797. The van der Waals surface area contributed by atoms with Crippen molar-refractivity contribution in [1.29, 1.82) is 0 Å². The molecule has 22 heteroatoms. The van der Waals surface area contributed by atoms with Crippen LogP contribution in [0.15, 0.2) is 9.98 Å². The van der Waals surface area contributed by atoms with Gasteiger partial charge in [0.15, 0.2) is 11.9 Å². The van der Waals surface area contributed by atoms with Crippen molar-refractivity contribution in [3.63, 3.8) is 0 Å². The van der Waals surface area contributed by atoms with E-state index in [9.17, 15) is 28.8 Å². The molecule has 0 aromatic carbocycles. The summed E-state index contributed by atoms with van der Waals surface area (Å²) >= 11 is 0. The van der Waals surface area contributed by atoms with Gasteiger partial charge in [0.2, 0.25) is 29.5 Å². The van der Waals surface area contributed by atoms with Gasteiger partial charge in [0.25, 0.3) is 0 Å². The Morgan fingerprint density at radius 3 is 1.09 bits per heavy atom. The maximum atomic E-state index is 14.0. The second kappa shape index (κ2) is 33.3. The number of unbranched alkanes of at least 4 members (excludes halogenated alkanes) is 4. The molecule has 0 unspecified atom stereocenters. The molecule has 22 nitrogen and oxygen atoms in total. The van der Waals surface area contributed by atoms with E-state index in [1.165, 1.54) is 0 Å². The lowest BCUT2D eigenvalue weighted by Crippen LogP contribution is -2.59. The minimum Gasteiger partial charge on any atom is -0.370 e. The van der Waals surface area contributed by atoms with E-state index >= 15 is 0 Å². The third-order valence-corrected chi connectivity index (χ3v) is 9.08. The fraction of sp³-hybridized carbons (Fsp3) is 0.778. The number of aliphatic imine (C=N–C) groups is 2. The molecule has 23 N–H and O–H groups in total. The topological polar surface area (TPSA) is 421 Å². The summed E-state index contributed by atoms with van der Waals surface area (Å²) in [6.07, 6.45) is 7.02. The van der Waals surface area contributed by atoms with Crippen molar-refractivity contribution >= 4 is 47.7 Å². The van der Waals surface area contributed by atoms with Crippen LogP contribution in [0.2, 0.25) is 0 Å². The Kier molecular flexibility index (Phi) is 30.7. The molecule has 0 rings (SSSR count). The number of aldehydes is 1. The zero-order chi connectivity index (χ0) is 43.7. The summed E-state index contributed by atoms with van der Waals surface area (Å²) in [4.78, 5) is 87.7. The highest BCUT2D eigenvalue weighted by Crippen LogP contribution is 2.10. The molecule has 0 bridgehead atoms. The smallest absolute Gasteiger partial charge is 0.243 e. The Morgan fingerprint density at radius 2 is 0.741 bits per heavy atom. The summed E-state index contributed by atoms with van der Waals surface area (Å²) in [5.41, 5.74) is 50.4. The van der Waals surface area contributed by atoms with Gasteiger partial charge in [-0.25, -0.2) is 0 Å². The highest BCUT2D eigenvalue weighted by atomic mass is 16.2. The molecular weight excluding hydrogens is 753 g/mol. The first-order chi connectivity index (χ1) is 27.7. The molecule has 0 radical (unpaired) electrons. The molecule has 0 saturated heterocycles. The van der Waals surface area contributed by atoms with E-state index in [4.69, 9.17) is 51.6 Å². The molecule has 5 amide bonds. The van der Waals surface area contributed by atoms with Gasteiger partial charge in [-0.05, 0) is 129 Å². The molecule has 0 aliphatic rings. The van der Waals surface area contributed by atoms with E-state index in [0.29, 0.717) is 103 Å². The first kappa shape index (κ1) is 53.4. The maximum absolute atomic E-state index is 14.0. The Balaban J connectivity index is 6.27. The molecule has 0 aliphatic heterocycles. The SMILES string of the molecule is NCCCC[C@@H](C=O)NC(=O)[C@H](CCCN=C(N)N)NC(=O)[C@H](CCCCN)NC(=O)[C@H](CCCCN)NC(=O)[C@H](CCCCN)NC(=O)[C@@H](N)CCCN=C(N)N. The number of hydrogen-bond donors (Lipinski definition) is 14. The lowest BCUT2D eigenvalue weighted by atomic mass is 10.0. The quantitative estimate of drug-likeness (QED) is 0.0124. The van der Waals surface area contributed by atoms with Gasteiger partial charge < -0.3 is 83.0 Å². The Labute approximate surface area is 342 Å². The molecular formula is C36H74N16O6. The zero-order valence-electron chi connectivity index (χ0n) is 34.1. The molecule has 0 saturated carbocycles. The Bertz CT molecular complexity index is 1260. The number of nitrogens with one attached hydrogen (secondary N) is 5. The average molecular weight is 827 g/mol. The van der Waals surface area contributed by atoms with Crippen molar-refractivity contribution in [2.24, 2.45) is 61.6 Å². The lowest BCUT2D eigenvalue weighted by molar-refractivity contribution is -0.135. The van der Waals surface area contributed by atoms with E-state index in [0.717, 1.165) is 0 Å². The minimum atomic E-state index is -1.13. The first-order valence-corrected chi connectivity index (χ1v) is 20.4. The van der Waals surface area contributed by atoms with Crippen LogP contribution in [-0.4, -0.2) is 123 Å². The molecule has 0 aromatic rings. The van der Waals surface area contributed by atoms with Gasteiger partial charge in [0.05, 0.1) is 12.1 Å². The van der Waals surface area contributed by atoms with Crippen LogP contribution in [0.1, 0.15) is 103 Å². The van der Waals surface area contributed by atoms with Crippen LogP contribution < -0.4 is 78.2 Å². The summed E-state index contributed by atoms with van der Waals surface area (Å²) < 4.78 is 0. The van der Waals surface area contributed by atoms with Crippen LogP contribution in [0, 0.1) is 0 Å². The van der Waals surface area contributed by atoms with E-state index < -0.39 is 65.8 Å². The highest BCUT2D eigenvalue weighted by molar-refractivity contribution is 5.96. The van der Waals surface area contributed by atoms with Crippen molar-refractivity contribution < 1.29 is 28.8 Å². The number of carbonyl (C=O) groups is 6. The van der Waals surface area contributed by atoms with Gasteiger partial charge in [-0.2, -0.15) is 0 Å². The van der Waals surface area contributed by atoms with Crippen molar-refractivity contribution in [3.8, 4) is 0 Å². The molecule has 0 aromatic heterocycles. The van der Waals surface area contributed by atoms with Crippen LogP contribution in [0.4, 0.5) is 0 Å². The largest absolute Gasteiger partial charge is 0.370 e. The van der Waals surface area contributed by atoms with Crippen LogP contribution in [-0.2, 0) is 28.8 Å². The predicted molar refractivity (Wildman–Crippen MR) is 225 cm³/mol. The van der Waals surface area contributed by atoms with Gasteiger partial charge in [0, 0.05) is 13.1 Å². The van der Waals surface area contributed by atoms with Crippen molar-refractivity contribution in [2.45, 2.75) is 139 Å². The number of amides is 5. The molecule has 0 heterocycles. The zero-order valence-corrected chi connectivity index (χ0v) is 34.1. The van der Waals surface area contributed by atoms with E-state index in [2.05, 4.69) is 36.6 Å². The summed E-state index contributed by atoms with van der Waals surface area (Å²) in [5, 5.41) is 13.6. The van der Waals surface area contributed by atoms with E-state index in [1.54, 1.807) is 0 Å². The fourth-order valence-corrected chi connectivity index (χ4v) is 5.77. The van der Waals surface area contributed by atoms with Gasteiger partial charge in [-0.15, -0.1) is 0 Å². The number of hydrogen-bond acceptors (Lipinski definition) is 13. The maximum Gasteiger partial charge on any atom is 0.243 e. The normalized spacial score (nSPS) is 14.0. The fourth-order valence-electron chi connectivity index (χ4n) is 5.77. The highest BCUT2D eigenvalue weighted by Gasteiger charge is 2.32. The van der Waals surface area contributed by atoms with Crippen molar-refractivity contribution in [1.82, 2.24) is 26.6 Å². The number of nitrogens with two attached hydrogens (primary N) is 9. The van der Waals surface area contributed by atoms with E-state index in [1.807, 2.05) is 0 Å². The summed E-state index contributed by atoms with van der Waals surface area (Å²) in [5.74, 6) is -3.32. The van der Waals surface area contributed by atoms with E-state index in [-0.39, 0.29) is 57.1 Å². The van der Waals surface area contributed by atoms with Crippen molar-refractivity contribution in [2.75, 3.05) is 39.3 Å². The Morgan fingerprint density at radius 1 is 0.431 bits per heavy atom. The summed E-state index contributed by atoms with van der Waals surface area (Å²) in [7, 11) is 0. The van der Waals surface area contributed by atoms with Crippen LogP contribution in [0.25, 0.3) is 0 Å². The number of rotatable bonds is 35. The van der Waals surface area contributed by atoms with Crippen molar-refractivity contribution in [3.05, 3.63) is 0 Å². The standard InChI is InChI=1S/C36H74N16O6/c37-17-5-1-11-24(23-53)48-31(55)29(16-10-22-47-36(44)45)52-34(58)28(15-4-8-20-40)51-33(57)27(14-3-7-19-39)50-32(56)26(13-2-6-18-38)49-30(54)25(41)12-9-21-46-35(42)43/h23-29H,1-22,37-41H2,(H,48,55)(H,49,54)(H,50,56)(H,51,57)(H,52,58)(H4,42,43,46)(H4,44,45,47)/t24-,25-,26-,27-,28-,29-/m0/s1. The van der Waals surface area contributed by atoms with Gasteiger partial charge >= 0.3 is 0 Å². The Hall–Kier alpha value is -4.64. The lowest BCUT2D eigenvalue weighted by Gasteiger charge is -2.27. The average Bonchev–Trinajstić information content (AvgIpc) is 3.18. The van der Waals surface area contributed by atoms with Crippen LogP contribution in [0.5, 0.6) is 0 Å². The summed E-state index contributed by atoms with van der Waals surface area (Å²) in [6.45, 7) is 1.94. The van der Waals surface area contributed by atoms with Gasteiger partial charge in [0.1, 0.15) is 30.5 Å². The monoisotopic (exact) mass is 827 g/mol. The number of nitrogens with zero attached hydrogens (tertiary/aromatic N) is 2. The third kappa shape index (κ3) is 25.6. The third-order valence-electron chi connectivity index (χ3n) is 9.08. The molecule has 58 heavy (non-hydrogen) atoms. The van der Waals surface area contributed by atoms with Gasteiger partial charge in [-0.3, -0.25) is 34.0 Å². The molecule has 334 valence electrons. The summed E-state index contributed by atoms with van der Waals surface area (Å²) in [6, 6.07) is -6.16. The molecule has 0 spiro atoms. The first-order valence-electron chi connectivity index (χ1n) is 20.4. The van der Waals surface area contributed by atoms with Crippen LogP contribution in [0.3, 0.4) is 0 Å². The number of carbonyl (C=O) groups excluding carboxylic acids is 6. The second-order valence-corrected chi connectivity index (χ2v) is 14.1. The van der Waals surface area contributed by atoms with Crippen LogP contribution >= 0.6 is 0 Å². The van der Waals surface area contributed by atoms with Gasteiger partial charge in [-0.1, -0.05) is 0 Å². The number of guanidine groups is 2.